The average Bonchev–Trinajstić information content (AvgIpc) is 2.78. The average molecular weight is 246 g/mol. The minimum Gasteiger partial charge on any atom is -0.350 e. The summed E-state index contributed by atoms with van der Waals surface area (Å²) in [5.74, 6) is 0.0314. The second-order valence-electron chi connectivity index (χ2n) is 4.44. The molecule has 0 spiro atoms. The van der Waals surface area contributed by atoms with Gasteiger partial charge in [0.2, 0.25) is 11.8 Å². The Labute approximate surface area is 107 Å². The Hall–Kier alpha value is -1.84. The predicted octanol–water partition coefficient (Wildman–Crippen LogP) is 1.31. The Morgan fingerprint density at radius 2 is 2.11 bits per heavy atom. The molecule has 2 rings (SSSR count). The third kappa shape index (κ3) is 2.70. The van der Waals surface area contributed by atoms with E-state index in [2.05, 4.69) is 5.32 Å². The van der Waals surface area contributed by atoms with Crippen LogP contribution in [-0.4, -0.2) is 29.3 Å². The number of amides is 2. The lowest BCUT2D eigenvalue weighted by atomic mass is 10.2. The van der Waals surface area contributed by atoms with Gasteiger partial charge in [0.1, 0.15) is 6.04 Å². The van der Waals surface area contributed by atoms with Crippen LogP contribution in [0.4, 0.5) is 0 Å². The Balaban J connectivity index is 1.90. The van der Waals surface area contributed by atoms with Crippen LogP contribution in [0.5, 0.6) is 0 Å². The van der Waals surface area contributed by atoms with Gasteiger partial charge in [-0.2, -0.15) is 0 Å². The number of nitrogens with one attached hydrogen (secondary N) is 1. The van der Waals surface area contributed by atoms with Gasteiger partial charge in [-0.25, -0.2) is 0 Å². The minimum atomic E-state index is -0.286. The van der Waals surface area contributed by atoms with Crippen molar-refractivity contribution in [3.63, 3.8) is 0 Å². The molecular formula is C14H18N2O2. The third-order valence-electron chi connectivity index (χ3n) is 3.28. The van der Waals surface area contributed by atoms with E-state index in [-0.39, 0.29) is 17.9 Å². The SMILES string of the molecule is CCN1C(=O)CC[C@H]1C(=O)NCc1ccccc1. The van der Waals surface area contributed by atoms with Gasteiger partial charge in [-0.1, -0.05) is 30.3 Å². The van der Waals surface area contributed by atoms with Gasteiger partial charge in [-0.15, -0.1) is 0 Å². The second-order valence-corrected chi connectivity index (χ2v) is 4.44. The van der Waals surface area contributed by atoms with E-state index in [1.165, 1.54) is 0 Å². The van der Waals surface area contributed by atoms with Crippen LogP contribution in [0.15, 0.2) is 30.3 Å². The van der Waals surface area contributed by atoms with Gasteiger partial charge in [-0.3, -0.25) is 9.59 Å². The van der Waals surface area contributed by atoms with Crippen molar-refractivity contribution in [3.05, 3.63) is 35.9 Å². The number of carbonyl (C=O) groups is 2. The zero-order valence-corrected chi connectivity index (χ0v) is 10.6. The van der Waals surface area contributed by atoms with Gasteiger partial charge in [-0.05, 0) is 18.9 Å². The molecule has 1 aliphatic rings. The van der Waals surface area contributed by atoms with Gasteiger partial charge >= 0.3 is 0 Å². The lowest BCUT2D eigenvalue weighted by molar-refractivity contribution is -0.135. The van der Waals surface area contributed by atoms with Gasteiger partial charge in [0.05, 0.1) is 0 Å². The minimum absolute atomic E-state index is 0.0495. The first-order valence-corrected chi connectivity index (χ1v) is 6.33. The summed E-state index contributed by atoms with van der Waals surface area (Å²) in [5.41, 5.74) is 1.07. The van der Waals surface area contributed by atoms with Gasteiger partial charge in [0, 0.05) is 19.5 Å². The quantitative estimate of drug-likeness (QED) is 0.871. The molecule has 1 aliphatic heterocycles. The maximum absolute atomic E-state index is 12.0. The molecule has 2 amide bonds. The number of rotatable bonds is 4. The fraction of sp³-hybridized carbons (Fsp3) is 0.429. The molecule has 18 heavy (non-hydrogen) atoms. The molecule has 1 fully saturated rings. The highest BCUT2D eigenvalue weighted by Crippen LogP contribution is 2.18. The zero-order chi connectivity index (χ0) is 13.0. The molecule has 0 bridgehead atoms. The second kappa shape index (κ2) is 5.67. The van der Waals surface area contributed by atoms with Crippen molar-refractivity contribution < 1.29 is 9.59 Å². The lowest BCUT2D eigenvalue weighted by Gasteiger charge is -2.22. The first-order chi connectivity index (χ1) is 8.72. The maximum atomic E-state index is 12.0. The van der Waals surface area contributed by atoms with E-state index in [0.717, 1.165) is 5.56 Å². The van der Waals surface area contributed by atoms with Gasteiger partial charge in [0.15, 0.2) is 0 Å². The van der Waals surface area contributed by atoms with Crippen LogP contribution in [0, 0.1) is 0 Å². The molecule has 4 heteroatoms. The number of benzene rings is 1. The zero-order valence-electron chi connectivity index (χ0n) is 10.6. The van der Waals surface area contributed by atoms with Crippen molar-refractivity contribution >= 4 is 11.8 Å². The highest BCUT2D eigenvalue weighted by Gasteiger charge is 2.34. The molecule has 0 radical (unpaired) electrons. The Bertz CT molecular complexity index is 431. The first kappa shape index (κ1) is 12.6. The normalized spacial score (nSPS) is 19.1. The van der Waals surface area contributed by atoms with Crippen molar-refractivity contribution in [1.82, 2.24) is 10.2 Å². The van der Waals surface area contributed by atoms with E-state index < -0.39 is 0 Å². The Kier molecular flexibility index (Phi) is 3.97. The number of hydrogen-bond donors (Lipinski definition) is 1. The molecular weight excluding hydrogens is 228 g/mol. The first-order valence-electron chi connectivity index (χ1n) is 6.33. The molecule has 1 N–H and O–H groups in total. The molecule has 0 saturated carbocycles. The fourth-order valence-electron chi connectivity index (χ4n) is 2.31. The summed E-state index contributed by atoms with van der Waals surface area (Å²) in [6, 6.07) is 9.48. The van der Waals surface area contributed by atoms with E-state index in [9.17, 15) is 9.59 Å². The molecule has 1 aromatic carbocycles. The summed E-state index contributed by atoms with van der Waals surface area (Å²) in [7, 11) is 0. The van der Waals surface area contributed by atoms with Crippen LogP contribution in [0.25, 0.3) is 0 Å². The summed E-state index contributed by atoms with van der Waals surface area (Å²) in [6.45, 7) is 3.02. The van der Waals surface area contributed by atoms with E-state index in [4.69, 9.17) is 0 Å². The van der Waals surface area contributed by atoms with Crippen molar-refractivity contribution in [2.75, 3.05) is 6.54 Å². The van der Waals surface area contributed by atoms with Crippen LogP contribution in [0.2, 0.25) is 0 Å². The largest absolute Gasteiger partial charge is 0.350 e. The monoisotopic (exact) mass is 246 g/mol. The molecule has 1 heterocycles. The molecule has 96 valence electrons. The Morgan fingerprint density at radius 3 is 2.78 bits per heavy atom. The van der Waals surface area contributed by atoms with Crippen molar-refractivity contribution in [3.8, 4) is 0 Å². The van der Waals surface area contributed by atoms with E-state index in [1.54, 1.807) is 4.90 Å². The molecule has 1 saturated heterocycles. The van der Waals surface area contributed by atoms with Crippen LogP contribution in [0.1, 0.15) is 25.3 Å². The molecule has 1 aromatic rings. The van der Waals surface area contributed by atoms with Gasteiger partial charge in [0.25, 0.3) is 0 Å². The van der Waals surface area contributed by atoms with E-state index in [1.807, 2.05) is 37.3 Å². The standard InChI is InChI=1S/C14H18N2O2/c1-2-16-12(8-9-13(16)17)14(18)15-10-11-6-4-3-5-7-11/h3-7,12H,2,8-10H2,1H3,(H,15,18)/t12-/m0/s1. The molecule has 0 aromatic heterocycles. The maximum Gasteiger partial charge on any atom is 0.243 e. The topological polar surface area (TPSA) is 49.4 Å². The molecule has 0 aliphatic carbocycles. The van der Waals surface area contributed by atoms with Gasteiger partial charge < -0.3 is 10.2 Å². The van der Waals surface area contributed by atoms with E-state index in [0.29, 0.717) is 25.9 Å². The summed E-state index contributed by atoms with van der Waals surface area (Å²) in [6.07, 6.45) is 1.12. The fourth-order valence-corrected chi connectivity index (χ4v) is 2.31. The highest BCUT2D eigenvalue weighted by molar-refractivity contribution is 5.90. The summed E-state index contributed by atoms with van der Waals surface area (Å²) in [4.78, 5) is 25.2. The number of carbonyl (C=O) groups excluding carboxylic acids is 2. The third-order valence-corrected chi connectivity index (χ3v) is 3.28. The predicted molar refractivity (Wildman–Crippen MR) is 68.7 cm³/mol. The lowest BCUT2D eigenvalue weighted by Crippen LogP contribution is -2.44. The smallest absolute Gasteiger partial charge is 0.243 e. The van der Waals surface area contributed by atoms with Crippen LogP contribution in [0.3, 0.4) is 0 Å². The van der Waals surface area contributed by atoms with E-state index >= 15 is 0 Å². The number of nitrogens with zero attached hydrogens (tertiary/aromatic N) is 1. The number of likely N-dealkylation sites (tertiary alicyclic amines) is 1. The molecule has 4 nitrogen and oxygen atoms in total. The summed E-state index contributed by atoms with van der Waals surface area (Å²) >= 11 is 0. The summed E-state index contributed by atoms with van der Waals surface area (Å²) in [5, 5.41) is 2.89. The number of hydrogen-bond acceptors (Lipinski definition) is 2. The van der Waals surface area contributed by atoms with Crippen molar-refractivity contribution in [1.29, 1.82) is 0 Å². The summed E-state index contributed by atoms with van der Waals surface area (Å²) < 4.78 is 0. The molecule has 1 atom stereocenters. The molecule has 0 unspecified atom stereocenters. The van der Waals surface area contributed by atoms with Crippen LogP contribution in [-0.2, 0) is 16.1 Å². The van der Waals surface area contributed by atoms with Crippen LogP contribution >= 0.6 is 0 Å². The van der Waals surface area contributed by atoms with Crippen LogP contribution < -0.4 is 5.32 Å². The number of likely N-dealkylation sites (N-methyl/N-ethyl adjacent to an activating group) is 1. The Morgan fingerprint density at radius 1 is 1.39 bits per heavy atom. The van der Waals surface area contributed by atoms with Crippen molar-refractivity contribution in [2.24, 2.45) is 0 Å². The highest BCUT2D eigenvalue weighted by atomic mass is 16.2. The van der Waals surface area contributed by atoms with Crippen molar-refractivity contribution in [2.45, 2.75) is 32.4 Å².